The maximum absolute atomic E-state index is 11.5. The molecule has 2 saturated carbocycles. The standard InChI is InChI=1S/C20H22N4O2/c1-26-20(25)13-8-14(9-13)22-10-15(19(21)12-6-7-12)18-11-23-16-4-2-3-5-17(16)24-18/h2-5,10-14,21-22H,6-9H2,1H3/b15-10-,21-19?. The SMILES string of the molecule is COC(=O)C1CC(N/C=C(\C(=N)C2CC2)c2cnc3ccccc3n2)C1. The zero-order chi connectivity index (χ0) is 18.1. The van der Waals surface area contributed by atoms with Crippen molar-refractivity contribution in [2.24, 2.45) is 11.8 Å². The van der Waals surface area contributed by atoms with Gasteiger partial charge in [-0.1, -0.05) is 12.1 Å². The normalized spacial score (nSPS) is 22.6. The zero-order valence-corrected chi connectivity index (χ0v) is 14.7. The molecule has 1 aromatic carbocycles. The summed E-state index contributed by atoms with van der Waals surface area (Å²) in [6.45, 7) is 0. The smallest absolute Gasteiger partial charge is 0.308 e. The van der Waals surface area contributed by atoms with E-state index in [1.54, 1.807) is 6.20 Å². The van der Waals surface area contributed by atoms with Crippen molar-refractivity contribution in [3.05, 3.63) is 42.4 Å². The van der Waals surface area contributed by atoms with Gasteiger partial charge < -0.3 is 15.5 Å². The van der Waals surface area contributed by atoms with Crippen LogP contribution in [0.25, 0.3) is 16.6 Å². The van der Waals surface area contributed by atoms with Crippen molar-refractivity contribution in [3.8, 4) is 0 Å². The molecule has 1 aromatic heterocycles. The van der Waals surface area contributed by atoms with E-state index in [0.29, 0.717) is 11.6 Å². The van der Waals surface area contributed by atoms with Crippen molar-refractivity contribution in [1.82, 2.24) is 15.3 Å². The molecule has 26 heavy (non-hydrogen) atoms. The highest BCUT2D eigenvalue weighted by atomic mass is 16.5. The van der Waals surface area contributed by atoms with E-state index in [-0.39, 0.29) is 17.9 Å². The average molecular weight is 350 g/mol. The molecule has 0 amide bonds. The number of hydrogen-bond donors (Lipinski definition) is 2. The Hall–Kier alpha value is -2.76. The summed E-state index contributed by atoms with van der Waals surface area (Å²) in [7, 11) is 1.43. The highest BCUT2D eigenvalue weighted by molar-refractivity contribution is 6.23. The molecule has 2 aliphatic carbocycles. The number of esters is 1. The number of allylic oxidation sites excluding steroid dienone is 1. The minimum absolute atomic E-state index is 0.0160. The molecule has 6 heteroatoms. The molecular weight excluding hydrogens is 328 g/mol. The molecule has 2 N–H and O–H groups in total. The summed E-state index contributed by atoms with van der Waals surface area (Å²) in [4.78, 5) is 20.7. The van der Waals surface area contributed by atoms with Gasteiger partial charge in [-0.2, -0.15) is 0 Å². The molecule has 0 aliphatic heterocycles. The van der Waals surface area contributed by atoms with Crippen molar-refractivity contribution < 1.29 is 9.53 Å². The predicted molar refractivity (Wildman–Crippen MR) is 99.6 cm³/mol. The molecule has 0 saturated heterocycles. The monoisotopic (exact) mass is 350 g/mol. The minimum atomic E-state index is -0.140. The Kier molecular flexibility index (Phi) is 4.41. The van der Waals surface area contributed by atoms with E-state index in [4.69, 9.17) is 15.1 Å². The van der Waals surface area contributed by atoms with Gasteiger partial charge in [0.2, 0.25) is 0 Å². The molecule has 134 valence electrons. The fourth-order valence-corrected chi connectivity index (χ4v) is 3.28. The quantitative estimate of drug-likeness (QED) is 0.618. The van der Waals surface area contributed by atoms with Crippen LogP contribution in [0.4, 0.5) is 0 Å². The maximum atomic E-state index is 11.5. The van der Waals surface area contributed by atoms with Gasteiger partial charge in [-0.25, -0.2) is 4.98 Å². The van der Waals surface area contributed by atoms with Gasteiger partial charge in [-0.3, -0.25) is 9.78 Å². The topological polar surface area (TPSA) is 88.0 Å². The van der Waals surface area contributed by atoms with Crippen LogP contribution in [0.5, 0.6) is 0 Å². The van der Waals surface area contributed by atoms with E-state index in [9.17, 15) is 4.79 Å². The number of rotatable bonds is 6. The van der Waals surface area contributed by atoms with Gasteiger partial charge in [0.15, 0.2) is 0 Å². The Bertz CT molecular complexity index is 882. The molecule has 2 aliphatic rings. The molecular formula is C20H22N4O2. The van der Waals surface area contributed by atoms with E-state index < -0.39 is 0 Å². The van der Waals surface area contributed by atoms with Crippen LogP contribution >= 0.6 is 0 Å². The number of fused-ring (bicyclic) bond motifs is 1. The third-order valence-corrected chi connectivity index (χ3v) is 5.14. The summed E-state index contributed by atoms with van der Waals surface area (Å²) in [5.74, 6) is 0.164. The Morgan fingerprint density at radius 2 is 1.96 bits per heavy atom. The van der Waals surface area contributed by atoms with Gasteiger partial charge in [0, 0.05) is 29.4 Å². The summed E-state index contributed by atoms with van der Waals surface area (Å²) in [6, 6.07) is 7.98. The highest BCUT2D eigenvalue weighted by Crippen LogP contribution is 2.35. The lowest BCUT2D eigenvalue weighted by Gasteiger charge is -2.33. The van der Waals surface area contributed by atoms with Crippen LogP contribution in [0.3, 0.4) is 0 Å². The molecule has 2 aromatic rings. The van der Waals surface area contributed by atoms with E-state index in [0.717, 1.165) is 48.0 Å². The van der Waals surface area contributed by atoms with Crippen molar-refractivity contribution in [2.75, 3.05) is 7.11 Å². The lowest BCUT2D eigenvalue weighted by Crippen LogP contribution is -2.42. The van der Waals surface area contributed by atoms with Crippen molar-refractivity contribution in [3.63, 3.8) is 0 Å². The zero-order valence-electron chi connectivity index (χ0n) is 14.7. The predicted octanol–water partition coefficient (Wildman–Crippen LogP) is 2.94. The summed E-state index contributed by atoms with van der Waals surface area (Å²) in [5.41, 5.74) is 3.81. The van der Waals surface area contributed by atoms with Gasteiger partial charge in [0.1, 0.15) is 0 Å². The number of carbonyl (C=O) groups excluding carboxylic acids is 1. The summed E-state index contributed by atoms with van der Waals surface area (Å²) in [5, 5.41) is 11.9. The molecule has 0 unspecified atom stereocenters. The van der Waals surface area contributed by atoms with Gasteiger partial charge in [-0.15, -0.1) is 0 Å². The second-order valence-corrected chi connectivity index (χ2v) is 7.04. The summed E-state index contributed by atoms with van der Waals surface area (Å²) >= 11 is 0. The molecule has 0 bridgehead atoms. The molecule has 6 nitrogen and oxygen atoms in total. The first kappa shape index (κ1) is 16.7. The first-order valence-electron chi connectivity index (χ1n) is 9.00. The number of benzene rings is 1. The Labute approximate surface area is 152 Å². The lowest BCUT2D eigenvalue weighted by atomic mass is 9.80. The Balaban J connectivity index is 1.54. The van der Waals surface area contributed by atoms with Crippen molar-refractivity contribution >= 4 is 28.3 Å². The number of carbonyl (C=O) groups is 1. The fourth-order valence-electron chi connectivity index (χ4n) is 3.28. The molecule has 0 atom stereocenters. The summed E-state index contributed by atoms with van der Waals surface area (Å²) < 4.78 is 4.78. The molecule has 0 spiro atoms. The third-order valence-electron chi connectivity index (χ3n) is 5.14. The third kappa shape index (κ3) is 3.31. The van der Waals surface area contributed by atoms with Gasteiger partial charge in [0.25, 0.3) is 0 Å². The average Bonchev–Trinajstić information content (AvgIpc) is 3.47. The molecule has 2 fully saturated rings. The second kappa shape index (κ2) is 6.86. The molecule has 1 heterocycles. The van der Waals surface area contributed by atoms with E-state index in [1.807, 2.05) is 30.5 Å². The van der Waals surface area contributed by atoms with Crippen LogP contribution < -0.4 is 5.32 Å². The molecule has 0 radical (unpaired) electrons. The fraction of sp³-hybridized carbons (Fsp3) is 0.400. The number of nitrogens with zero attached hydrogens (tertiary/aromatic N) is 2. The lowest BCUT2D eigenvalue weighted by molar-refractivity contribution is -0.149. The number of aromatic nitrogens is 2. The first-order chi connectivity index (χ1) is 12.7. The highest BCUT2D eigenvalue weighted by Gasteiger charge is 2.35. The minimum Gasteiger partial charge on any atom is -0.469 e. The summed E-state index contributed by atoms with van der Waals surface area (Å²) in [6.07, 6.45) is 7.27. The Morgan fingerprint density at radius 1 is 1.23 bits per heavy atom. The number of ether oxygens (including phenoxy) is 1. The van der Waals surface area contributed by atoms with Gasteiger partial charge in [0.05, 0.1) is 36.0 Å². The Morgan fingerprint density at radius 3 is 2.65 bits per heavy atom. The largest absolute Gasteiger partial charge is 0.469 e. The van der Waals surface area contributed by atoms with Crippen LogP contribution in [-0.2, 0) is 9.53 Å². The van der Waals surface area contributed by atoms with Crippen LogP contribution in [-0.4, -0.2) is 34.8 Å². The van der Waals surface area contributed by atoms with E-state index in [1.165, 1.54) is 7.11 Å². The van der Waals surface area contributed by atoms with Crippen molar-refractivity contribution in [1.29, 1.82) is 5.41 Å². The van der Waals surface area contributed by atoms with Crippen LogP contribution in [0.1, 0.15) is 31.4 Å². The number of methoxy groups -OCH3 is 1. The van der Waals surface area contributed by atoms with Crippen molar-refractivity contribution in [2.45, 2.75) is 31.7 Å². The second-order valence-electron chi connectivity index (χ2n) is 7.04. The maximum Gasteiger partial charge on any atom is 0.308 e. The number of para-hydroxylation sites is 2. The number of hydrogen-bond acceptors (Lipinski definition) is 6. The number of nitrogens with one attached hydrogen (secondary N) is 2. The van der Waals surface area contributed by atoms with E-state index >= 15 is 0 Å². The van der Waals surface area contributed by atoms with Crippen LogP contribution in [0.15, 0.2) is 36.7 Å². The van der Waals surface area contributed by atoms with Crippen LogP contribution in [0.2, 0.25) is 0 Å². The molecule has 4 rings (SSSR count). The van der Waals surface area contributed by atoms with Gasteiger partial charge >= 0.3 is 5.97 Å². The van der Waals surface area contributed by atoms with Crippen LogP contribution in [0, 0.1) is 17.2 Å². The van der Waals surface area contributed by atoms with E-state index in [2.05, 4.69) is 10.3 Å². The van der Waals surface area contributed by atoms with Gasteiger partial charge in [-0.05, 0) is 37.8 Å². The first-order valence-corrected chi connectivity index (χ1v) is 9.00.